The van der Waals surface area contributed by atoms with Gasteiger partial charge in [0.25, 0.3) is 0 Å². The summed E-state index contributed by atoms with van der Waals surface area (Å²) in [5, 5.41) is 13.5. The SMILES string of the molecule is CC(C)(C)c1ccc(NCc2cccc(Cl)c2O)cc1. The Bertz CT molecular complexity index is 585. The zero-order valence-electron chi connectivity index (χ0n) is 12.1. The fourth-order valence-corrected chi connectivity index (χ4v) is 2.18. The molecular weight excluding hydrogens is 270 g/mol. The lowest BCUT2D eigenvalue weighted by molar-refractivity contribution is 0.469. The Kier molecular flexibility index (Phi) is 4.24. The Hall–Kier alpha value is -1.67. The van der Waals surface area contributed by atoms with Gasteiger partial charge in [-0.2, -0.15) is 0 Å². The number of rotatable bonds is 3. The van der Waals surface area contributed by atoms with Gasteiger partial charge in [-0.15, -0.1) is 0 Å². The second-order valence-corrected chi connectivity index (χ2v) is 6.34. The van der Waals surface area contributed by atoms with Gasteiger partial charge in [-0.25, -0.2) is 0 Å². The summed E-state index contributed by atoms with van der Waals surface area (Å²) in [6.07, 6.45) is 0. The van der Waals surface area contributed by atoms with Crippen molar-refractivity contribution in [3.05, 3.63) is 58.6 Å². The van der Waals surface area contributed by atoms with Crippen molar-refractivity contribution in [3.63, 3.8) is 0 Å². The average Bonchev–Trinajstić information content (AvgIpc) is 2.40. The zero-order valence-corrected chi connectivity index (χ0v) is 12.8. The van der Waals surface area contributed by atoms with E-state index in [2.05, 4.69) is 50.4 Å². The smallest absolute Gasteiger partial charge is 0.139 e. The summed E-state index contributed by atoms with van der Waals surface area (Å²) in [5.41, 5.74) is 3.27. The van der Waals surface area contributed by atoms with Crippen molar-refractivity contribution in [2.24, 2.45) is 0 Å². The van der Waals surface area contributed by atoms with E-state index in [1.54, 1.807) is 6.07 Å². The first-order chi connectivity index (χ1) is 9.38. The van der Waals surface area contributed by atoms with Gasteiger partial charge in [-0.1, -0.05) is 56.6 Å². The fraction of sp³-hybridized carbons (Fsp3) is 0.294. The van der Waals surface area contributed by atoms with Crippen molar-refractivity contribution in [3.8, 4) is 5.75 Å². The number of nitrogens with one attached hydrogen (secondary N) is 1. The van der Waals surface area contributed by atoms with Crippen molar-refractivity contribution in [1.82, 2.24) is 0 Å². The number of para-hydroxylation sites is 1. The highest BCUT2D eigenvalue weighted by Crippen LogP contribution is 2.28. The van der Waals surface area contributed by atoms with Crippen LogP contribution in [-0.2, 0) is 12.0 Å². The number of benzene rings is 2. The first kappa shape index (κ1) is 14.7. The molecule has 0 aliphatic heterocycles. The van der Waals surface area contributed by atoms with Gasteiger partial charge in [-0.05, 0) is 29.2 Å². The highest BCUT2D eigenvalue weighted by Gasteiger charge is 2.12. The summed E-state index contributed by atoms with van der Waals surface area (Å²) in [6.45, 7) is 7.12. The number of hydrogen-bond donors (Lipinski definition) is 2. The normalized spacial score (nSPS) is 11.4. The molecule has 0 saturated carbocycles. The van der Waals surface area contributed by atoms with Gasteiger partial charge in [0.05, 0.1) is 5.02 Å². The van der Waals surface area contributed by atoms with Gasteiger partial charge in [0, 0.05) is 17.8 Å². The van der Waals surface area contributed by atoms with E-state index >= 15 is 0 Å². The molecule has 0 fully saturated rings. The summed E-state index contributed by atoms with van der Waals surface area (Å²) in [4.78, 5) is 0. The van der Waals surface area contributed by atoms with Crippen LogP contribution in [0.2, 0.25) is 5.02 Å². The van der Waals surface area contributed by atoms with Crippen LogP contribution in [0.15, 0.2) is 42.5 Å². The Morgan fingerprint density at radius 2 is 1.70 bits per heavy atom. The van der Waals surface area contributed by atoms with Crippen LogP contribution in [0.4, 0.5) is 5.69 Å². The molecule has 20 heavy (non-hydrogen) atoms. The Morgan fingerprint density at radius 1 is 1.05 bits per heavy atom. The molecule has 0 aliphatic carbocycles. The second-order valence-electron chi connectivity index (χ2n) is 5.93. The van der Waals surface area contributed by atoms with Crippen molar-refractivity contribution in [2.75, 3.05) is 5.32 Å². The van der Waals surface area contributed by atoms with Crippen LogP contribution in [0.5, 0.6) is 5.75 Å². The highest BCUT2D eigenvalue weighted by atomic mass is 35.5. The minimum Gasteiger partial charge on any atom is -0.506 e. The van der Waals surface area contributed by atoms with E-state index < -0.39 is 0 Å². The molecular formula is C17H20ClNO. The number of aromatic hydroxyl groups is 1. The molecule has 2 aromatic carbocycles. The summed E-state index contributed by atoms with van der Waals surface area (Å²) < 4.78 is 0. The largest absolute Gasteiger partial charge is 0.506 e. The molecule has 2 rings (SSSR count). The Labute approximate surface area is 125 Å². The topological polar surface area (TPSA) is 32.3 Å². The number of phenolic OH excluding ortho intramolecular Hbond substituents is 1. The van der Waals surface area contributed by atoms with Gasteiger partial charge in [0.15, 0.2) is 0 Å². The Balaban J connectivity index is 2.06. The highest BCUT2D eigenvalue weighted by molar-refractivity contribution is 6.32. The summed E-state index contributed by atoms with van der Waals surface area (Å²) in [5.74, 6) is 0.146. The van der Waals surface area contributed by atoms with E-state index in [1.807, 2.05) is 12.1 Å². The monoisotopic (exact) mass is 289 g/mol. The van der Waals surface area contributed by atoms with Gasteiger partial charge in [0.1, 0.15) is 5.75 Å². The van der Waals surface area contributed by atoms with Crippen molar-refractivity contribution in [1.29, 1.82) is 0 Å². The van der Waals surface area contributed by atoms with E-state index in [0.29, 0.717) is 11.6 Å². The molecule has 106 valence electrons. The predicted octanol–water partition coefficient (Wildman–Crippen LogP) is 4.96. The molecule has 0 bridgehead atoms. The molecule has 0 heterocycles. The van der Waals surface area contributed by atoms with Crippen LogP contribution in [-0.4, -0.2) is 5.11 Å². The van der Waals surface area contributed by atoms with Crippen LogP contribution < -0.4 is 5.32 Å². The molecule has 3 heteroatoms. The zero-order chi connectivity index (χ0) is 14.8. The number of phenols is 1. The fourth-order valence-electron chi connectivity index (χ4n) is 1.99. The molecule has 0 unspecified atom stereocenters. The molecule has 0 atom stereocenters. The molecule has 0 aliphatic rings. The standard InChI is InChI=1S/C17H20ClNO/c1-17(2,3)13-7-9-14(10-8-13)19-11-12-5-4-6-15(18)16(12)20/h4-10,19-20H,11H2,1-3H3. The third-order valence-corrected chi connectivity index (χ3v) is 3.61. The molecule has 2 aromatic rings. The van der Waals surface area contributed by atoms with Crippen LogP contribution in [0.25, 0.3) is 0 Å². The summed E-state index contributed by atoms with van der Waals surface area (Å²) >= 11 is 5.89. The summed E-state index contributed by atoms with van der Waals surface area (Å²) in [7, 11) is 0. The summed E-state index contributed by atoms with van der Waals surface area (Å²) in [6, 6.07) is 13.7. The lowest BCUT2D eigenvalue weighted by Gasteiger charge is -2.19. The van der Waals surface area contributed by atoms with E-state index in [9.17, 15) is 5.11 Å². The van der Waals surface area contributed by atoms with Crippen LogP contribution >= 0.6 is 11.6 Å². The van der Waals surface area contributed by atoms with E-state index in [4.69, 9.17) is 11.6 Å². The maximum absolute atomic E-state index is 9.85. The molecule has 0 saturated heterocycles. The Morgan fingerprint density at radius 3 is 2.30 bits per heavy atom. The molecule has 0 radical (unpaired) electrons. The number of anilines is 1. The molecule has 2 nitrogen and oxygen atoms in total. The predicted molar refractivity (Wildman–Crippen MR) is 85.6 cm³/mol. The van der Waals surface area contributed by atoms with E-state index in [1.165, 1.54) is 5.56 Å². The van der Waals surface area contributed by atoms with Crippen molar-refractivity contribution in [2.45, 2.75) is 32.7 Å². The minimum absolute atomic E-state index is 0.146. The number of hydrogen-bond acceptors (Lipinski definition) is 2. The van der Waals surface area contributed by atoms with Gasteiger partial charge in [-0.3, -0.25) is 0 Å². The van der Waals surface area contributed by atoms with Crippen molar-refractivity contribution < 1.29 is 5.11 Å². The molecule has 0 amide bonds. The lowest BCUT2D eigenvalue weighted by atomic mass is 9.87. The molecule has 0 spiro atoms. The maximum atomic E-state index is 9.85. The van der Waals surface area contributed by atoms with Crippen molar-refractivity contribution >= 4 is 17.3 Å². The van der Waals surface area contributed by atoms with Gasteiger partial charge in [0.2, 0.25) is 0 Å². The average molecular weight is 290 g/mol. The van der Waals surface area contributed by atoms with Gasteiger partial charge >= 0.3 is 0 Å². The molecule has 0 aromatic heterocycles. The van der Waals surface area contributed by atoms with Crippen LogP contribution in [0, 0.1) is 0 Å². The first-order valence-corrected chi connectivity index (χ1v) is 7.06. The number of halogens is 1. The third kappa shape index (κ3) is 3.45. The first-order valence-electron chi connectivity index (χ1n) is 6.69. The molecule has 2 N–H and O–H groups in total. The van der Waals surface area contributed by atoms with E-state index in [-0.39, 0.29) is 11.2 Å². The lowest BCUT2D eigenvalue weighted by Crippen LogP contribution is -2.10. The maximum Gasteiger partial charge on any atom is 0.139 e. The second kappa shape index (κ2) is 5.76. The van der Waals surface area contributed by atoms with Crippen LogP contribution in [0.3, 0.4) is 0 Å². The van der Waals surface area contributed by atoms with Crippen LogP contribution in [0.1, 0.15) is 31.9 Å². The van der Waals surface area contributed by atoms with Gasteiger partial charge < -0.3 is 10.4 Å². The third-order valence-electron chi connectivity index (χ3n) is 3.30. The minimum atomic E-state index is 0.146. The quantitative estimate of drug-likeness (QED) is 0.837. The van der Waals surface area contributed by atoms with E-state index in [0.717, 1.165) is 11.3 Å².